The molecule has 12 amide bonds. The van der Waals surface area contributed by atoms with Gasteiger partial charge in [-0.1, -0.05) is 20.8 Å². The number of nitrogens with zero attached hydrogens (tertiary/aromatic N) is 4. The molecule has 0 aliphatic carbocycles. The minimum Gasteiger partial charge on any atom is -0.468 e. The van der Waals surface area contributed by atoms with E-state index in [2.05, 4.69) is 61.5 Å². The van der Waals surface area contributed by atoms with Crippen LogP contribution < -0.4 is 48.3 Å². The van der Waals surface area contributed by atoms with E-state index in [0.717, 1.165) is 33.3 Å². The summed E-state index contributed by atoms with van der Waals surface area (Å²) in [5.41, 5.74) is 4.17. The summed E-state index contributed by atoms with van der Waals surface area (Å²) >= 11 is 0. The Kier molecular flexibility index (Phi) is 49.6. The van der Waals surface area contributed by atoms with Crippen LogP contribution in [0.15, 0.2) is 0 Å². The third-order valence-electron chi connectivity index (χ3n) is 16.2. The number of nitrogens with one attached hydrogen (secondary N) is 8. The van der Waals surface area contributed by atoms with Crippen LogP contribution in [0.3, 0.4) is 0 Å². The third-order valence-corrected chi connectivity index (χ3v) is 16.2. The van der Waals surface area contributed by atoms with Gasteiger partial charge in [0.25, 0.3) is 0 Å². The van der Waals surface area contributed by atoms with Gasteiger partial charge in [0.1, 0.15) is 26.2 Å². The first kappa shape index (κ1) is 97.8. The van der Waals surface area contributed by atoms with Crippen LogP contribution in [0.2, 0.25) is 0 Å². The molecule has 0 saturated heterocycles. The van der Waals surface area contributed by atoms with Crippen molar-refractivity contribution in [1.29, 1.82) is 0 Å². The second-order valence-corrected chi connectivity index (χ2v) is 24.6. The number of Topliss-reactive ketones (excluding diaryl/α,β-unsaturated/α-hetero) is 8. The molecule has 41 nitrogen and oxygen atoms in total. The predicted octanol–water partition coefficient (Wildman–Crippen LogP) is -6.11. The van der Waals surface area contributed by atoms with Gasteiger partial charge in [-0.2, -0.15) is 0 Å². The third kappa shape index (κ3) is 46.5. The maximum atomic E-state index is 13.4. The highest BCUT2D eigenvalue weighted by molar-refractivity contribution is 5.98. The molecule has 0 heterocycles. The number of ketones is 8. The lowest BCUT2D eigenvalue weighted by molar-refractivity contribution is -0.148. The zero-order valence-electron chi connectivity index (χ0n) is 62.8. The van der Waals surface area contributed by atoms with Gasteiger partial charge in [0.15, 0.2) is 46.3 Å². The van der Waals surface area contributed by atoms with Gasteiger partial charge in [0, 0.05) is 96.3 Å². The molecule has 0 unspecified atom stereocenters. The van der Waals surface area contributed by atoms with Crippen molar-refractivity contribution in [3.8, 4) is 0 Å². The minimum absolute atomic E-state index is 0.0130. The van der Waals surface area contributed by atoms with Crippen molar-refractivity contribution in [2.24, 2.45) is 11.1 Å². The molecule has 0 spiro atoms. The Balaban J connectivity index is 5.67. The van der Waals surface area contributed by atoms with E-state index in [1.54, 1.807) is 20.8 Å². The van der Waals surface area contributed by atoms with Crippen molar-refractivity contribution < 1.29 is 134 Å². The highest BCUT2D eigenvalue weighted by Crippen LogP contribution is 2.40. The molecule has 0 aromatic rings. The molecule has 0 saturated carbocycles. The molecule has 0 rings (SSSR count). The van der Waals surface area contributed by atoms with Crippen LogP contribution in [-0.4, -0.2) is 300 Å². The number of nitrogens with two attached hydrogens (primary N) is 1. The van der Waals surface area contributed by atoms with Crippen LogP contribution in [0.5, 0.6) is 0 Å². The van der Waals surface area contributed by atoms with Gasteiger partial charge in [0.2, 0.25) is 70.9 Å². The summed E-state index contributed by atoms with van der Waals surface area (Å²) in [5, 5.41) is 18.8. The number of methoxy groups -OCH3 is 4. The second-order valence-electron chi connectivity index (χ2n) is 24.6. The van der Waals surface area contributed by atoms with Crippen molar-refractivity contribution >= 4 is 141 Å². The number of ether oxygens (including phenoxy) is 4. The van der Waals surface area contributed by atoms with Crippen LogP contribution >= 0.6 is 0 Å². The van der Waals surface area contributed by atoms with Gasteiger partial charge in [-0.05, 0) is 31.1 Å². The monoisotopic (exact) mass is 1550 g/mol. The number of hydrogen-bond donors (Lipinski definition) is 9. The number of carbonyl (C=O) groups is 24. The van der Waals surface area contributed by atoms with E-state index in [1.165, 1.54) is 0 Å². The van der Waals surface area contributed by atoms with Crippen LogP contribution in [0.1, 0.15) is 143 Å². The van der Waals surface area contributed by atoms with Crippen LogP contribution in [-0.2, 0) is 134 Å². The summed E-state index contributed by atoms with van der Waals surface area (Å²) in [6, 6.07) is 0. The SMILES string of the molecule is CCC(=O)NCC(=O)CCC(CCC(=O)CNC(=O)CC)(CCC(=O)CNC(=O)CC)CCC(=O)CNC(=O)CCC(=O)CN(CC(=O)OC)C(=O)CNC(=O)CCC(=O)CN(CC(=O)OC)C(=O)CNC(=O)CCC(=O)CN(CC(=O)OC)C(=O)CNC(=O)CCC(=O)CN(CC(=O)OC)C(=O)CNC(=O)CN. The van der Waals surface area contributed by atoms with E-state index < -0.39 is 254 Å². The maximum absolute atomic E-state index is 13.4. The van der Waals surface area contributed by atoms with Gasteiger partial charge in [-0.25, -0.2) is 0 Å². The molecular formula is C68H103N13O28. The average Bonchev–Trinajstić information content (AvgIpc) is 0.853. The smallest absolute Gasteiger partial charge is 0.325 e. The van der Waals surface area contributed by atoms with Gasteiger partial charge < -0.3 is 86.8 Å². The fourth-order valence-electron chi connectivity index (χ4n) is 9.45. The standard InChI is InChI=1S/C68H103N13O28/c1-8-52(90)70-28-44(82)19-23-68(24-20-45(83)29-71-53(91)9-2,25-21-46(84)30-72-54(92)10-3)26-22-47(85)31-73-55(93)15-11-48(86)36-78(40-64(102)106-4)60(98)32-74-56(94)16-12-49(87)37-79(41-65(103)107-5)61(99)33-75-57(95)17-13-50(88)38-80(42-66(104)108-6)62(100)34-76-58(96)18-14-51(89)39-81(43-67(105)109-7)63(101)35-77-59(97)27-69/h8-43,69H2,1-7H3,(H,70,90)(H,71,91)(H,72,92)(H,73,93)(H,74,94)(H,75,95)(H,76,96)(H,77,97). The van der Waals surface area contributed by atoms with E-state index in [4.69, 9.17) is 5.73 Å². The van der Waals surface area contributed by atoms with Crippen molar-refractivity contribution in [2.45, 2.75) is 143 Å². The lowest BCUT2D eigenvalue weighted by Crippen LogP contribution is -2.46. The Morgan fingerprint density at radius 3 is 0.633 bits per heavy atom. The topological polar surface area (TPSA) is 582 Å². The summed E-state index contributed by atoms with van der Waals surface area (Å²) in [6.45, 7) is -6.26. The first-order valence-electron chi connectivity index (χ1n) is 34.9. The number of carbonyl (C=O) groups excluding carboxylic acids is 24. The quantitative estimate of drug-likeness (QED) is 0.0202. The van der Waals surface area contributed by atoms with E-state index in [0.29, 0.717) is 14.7 Å². The predicted molar refractivity (Wildman–Crippen MR) is 375 cm³/mol. The summed E-state index contributed by atoms with van der Waals surface area (Å²) < 4.78 is 18.4. The number of hydrogen-bond acceptors (Lipinski definition) is 29. The van der Waals surface area contributed by atoms with Gasteiger partial charge in [0.05, 0.1) is 114 Å². The Morgan fingerprint density at radius 1 is 0.248 bits per heavy atom. The summed E-state index contributed by atoms with van der Waals surface area (Å²) in [4.78, 5) is 306. The molecule has 0 fully saturated rings. The van der Waals surface area contributed by atoms with Gasteiger partial charge in [-0.3, -0.25) is 115 Å². The van der Waals surface area contributed by atoms with E-state index in [1.807, 2.05) is 0 Å². The molecule has 0 aromatic heterocycles. The molecule has 0 aromatic carbocycles. The maximum Gasteiger partial charge on any atom is 0.325 e. The fourth-order valence-corrected chi connectivity index (χ4v) is 9.45. The number of amides is 12. The summed E-state index contributed by atoms with van der Waals surface area (Å²) in [7, 11) is 3.98. The molecule has 608 valence electrons. The Labute approximate surface area is 628 Å². The molecule has 10 N–H and O–H groups in total. The molecule has 0 atom stereocenters. The Bertz CT molecular complexity index is 3190. The molecule has 0 aliphatic heterocycles. The average molecular weight is 1550 g/mol. The molecule has 0 bridgehead atoms. The minimum atomic E-state index is -1.02. The molecule has 0 radical (unpaired) electrons. The van der Waals surface area contributed by atoms with Crippen molar-refractivity contribution in [2.75, 3.05) is 140 Å². The second kappa shape index (κ2) is 55.3. The Morgan fingerprint density at radius 2 is 0.440 bits per heavy atom. The molecule has 0 aliphatic rings. The first-order chi connectivity index (χ1) is 51.5. The van der Waals surface area contributed by atoms with Gasteiger partial charge >= 0.3 is 23.9 Å². The first-order valence-corrected chi connectivity index (χ1v) is 34.9. The Hall–Kier alpha value is -11.2. The highest BCUT2D eigenvalue weighted by atomic mass is 16.5. The van der Waals surface area contributed by atoms with E-state index in [9.17, 15) is 115 Å². The number of rotatable bonds is 60. The lowest BCUT2D eigenvalue weighted by Gasteiger charge is -2.34. The molecule has 41 heteroatoms. The van der Waals surface area contributed by atoms with E-state index in [-0.39, 0.29) is 125 Å². The van der Waals surface area contributed by atoms with Crippen LogP contribution in [0.4, 0.5) is 0 Å². The number of esters is 4. The summed E-state index contributed by atoms with van der Waals surface area (Å²) in [5.74, 6) is -17.7. The normalized spacial score (nSPS) is 10.6. The highest BCUT2D eigenvalue weighted by Gasteiger charge is 2.34. The van der Waals surface area contributed by atoms with Crippen molar-refractivity contribution in [3.05, 3.63) is 0 Å². The zero-order valence-corrected chi connectivity index (χ0v) is 62.8. The van der Waals surface area contributed by atoms with Crippen molar-refractivity contribution in [1.82, 2.24) is 62.1 Å². The van der Waals surface area contributed by atoms with Gasteiger partial charge in [-0.15, -0.1) is 0 Å². The van der Waals surface area contributed by atoms with E-state index >= 15 is 0 Å². The molecular weight excluding hydrogens is 1450 g/mol. The lowest BCUT2D eigenvalue weighted by atomic mass is 9.70. The van der Waals surface area contributed by atoms with Crippen LogP contribution in [0, 0.1) is 5.41 Å². The summed E-state index contributed by atoms with van der Waals surface area (Å²) in [6.07, 6.45) is -4.44. The zero-order chi connectivity index (χ0) is 82.6. The molecule has 109 heavy (non-hydrogen) atoms. The fraction of sp³-hybridized carbons (Fsp3) is 0.647. The largest absolute Gasteiger partial charge is 0.468 e. The van der Waals surface area contributed by atoms with Crippen LogP contribution in [0.25, 0.3) is 0 Å². The van der Waals surface area contributed by atoms with Crippen molar-refractivity contribution in [3.63, 3.8) is 0 Å².